The maximum atomic E-state index is 4.76. The molecule has 1 aromatic carbocycles. The van der Waals surface area contributed by atoms with E-state index in [0.717, 1.165) is 31.4 Å². The molecule has 0 amide bonds. The van der Waals surface area contributed by atoms with Gasteiger partial charge in [0, 0.05) is 20.6 Å². The molecule has 0 aliphatic carbocycles. The van der Waals surface area contributed by atoms with E-state index >= 15 is 0 Å². The van der Waals surface area contributed by atoms with Crippen LogP contribution in [0.2, 0.25) is 0 Å². The van der Waals surface area contributed by atoms with Gasteiger partial charge in [-0.25, -0.2) is 0 Å². The summed E-state index contributed by atoms with van der Waals surface area (Å²) in [5.74, 6) is 1.93. The highest BCUT2D eigenvalue weighted by Gasteiger charge is 2.28. The number of nitrogens with zero attached hydrogens (tertiary/aromatic N) is 3. The number of hydrogen-bond acceptors (Lipinski definition) is 3. The van der Waals surface area contributed by atoms with Crippen molar-refractivity contribution in [2.24, 2.45) is 10.9 Å². The molecule has 0 saturated heterocycles. The van der Waals surface area contributed by atoms with Crippen molar-refractivity contribution in [3.05, 3.63) is 35.9 Å². The van der Waals surface area contributed by atoms with E-state index in [4.69, 9.17) is 4.99 Å². The maximum Gasteiger partial charge on any atom is 0.196 e. The van der Waals surface area contributed by atoms with E-state index in [9.17, 15) is 0 Å². The lowest BCUT2D eigenvalue weighted by Gasteiger charge is -2.31. The molecule has 3 nitrogen and oxygen atoms in total. The highest BCUT2D eigenvalue weighted by molar-refractivity contribution is 5.81. The van der Waals surface area contributed by atoms with Crippen molar-refractivity contribution in [2.45, 2.75) is 39.2 Å². The van der Waals surface area contributed by atoms with Crippen molar-refractivity contribution in [3.8, 4) is 0 Å². The van der Waals surface area contributed by atoms with Gasteiger partial charge < -0.3 is 9.80 Å². The minimum Gasteiger partial charge on any atom is -0.349 e. The summed E-state index contributed by atoms with van der Waals surface area (Å²) in [7, 11) is 4.19. The number of rotatable bonds is 6. The maximum absolute atomic E-state index is 4.76. The van der Waals surface area contributed by atoms with Crippen molar-refractivity contribution in [3.63, 3.8) is 0 Å². The molecule has 2 rings (SSSR count). The second-order valence-electron chi connectivity index (χ2n) is 6.61. The minimum absolute atomic E-state index is 0.511. The first kappa shape index (κ1) is 15.9. The standard InChI is InChI=1S/C18H29N3/c1-15(2)9-8-12-21-17(14-19-18(21)20(3)4)13-16-10-6-5-7-11-16/h5-7,10-11,15,17H,8-9,12-14H2,1-4H3/t17-/m0/s1. The molecule has 0 spiro atoms. The molecule has 116 valence electrons. The summed E-state index contributed by atoms with van der Waals surface area (Å²) < 4.78 is 0. The molecule has 1 aliphatic rings. The summed E-state index contributed by atoms with van der Waals surface area (Å²) in [6, 6.07) is 11.3. The zero-order valence-corrected chi connectivity index (χ0v) is 13.9. The molecule has 21 heavy (non-hydrogen) atoms. The molecule has 0 aromatic heterocycles. The lowest BCUT2D eigenvalue weighted by atomic mass is 10.0. The van der Waals surface area contributed by atoms with Gasteiger partial charge in [-0.1, -0.05) is 44.2 Å². The van der Waals surface area contributed by atoms with Gasteiger partial charge in [0.15, 0.2) is 5.96 Å². The average Bonchev–Trinajstić information content (AvgIpc) is 2.83. The van der Waals surface area contributed by atoms with E-state index in [-0.39, 0.29) is 0 Å². The summed E-state index contributed by atoms with van der Waals surface area (Å²) >= 11 is 0. The summed E-state index contributed by atoms with van der Waals surface area (Å²) in [5.41, 5.74) is 1.41. The van der Waals surface area contributed by atoms with Crippen LogP contribution < -0.4 is 0 Å². The average molecular weight is 287 g/mol. The molecule has 1 atom stereocenters. The second kappa shape index (κ2) is 7.48. The molecule has 0 radical (unpaired) electrons. The highest BCUT2D eigenvalue weighted by atomic mass is 15.4. The summed E-state index contributed by atoms with van der Waals surface area (Å²) in [4.78, 5) is 9.42. The zero-order valence-electron chi connectivity index (χ0n) is 13.9. The molecule has 0 bridgehead atoms. The Balaban J connectivity index is 1.99. The fourth-order valence-corrected chi connectivity index (χ4v) is 2.95. The van der Waals surface area contributed by atoms with Crippen LogP contribution in [0.5, 0.6) is 0 Å². The molecule has 0 fully saturated rings. The van der Waals surface area contributed by atoms with Crippen LogP contribution >= 0.6 is 0 Å². The molecule has 1 aromatic rings. The lowest BCUT2D eigenvalue weighted by molar-refractivity contribution is 0.299. The normalized spacial score (nSPS) is 18.2. The van der Waals surface area contributed by atoms with E-state index < -0.39 is 0 Å². The smallest absolute Gasteiger partial charge is 0.196 e. The Labute approximate surface area is 129 Å². The minimum atomic E-state index is 0.511. The fourth-order valence-electron chi connectivity index (χ4n) is 2.95. The van der Waals surface area contributed by atoms with E-state index in [1.807, 2.05) is 0 Å². The van der Waals surface area contributed by atoms with Gasteiger partial charge in [0.25, 0.3) is 0 Å². The second-order valence-corrected chi connectivity index (χ2v) is 6.61. The molecule has 0 N–H and O–H groups in total. The van der Waals surface area contributed by atoms with Crippen LogP contribution in [-0.4, -0.2) is 49.0 Å². The Kier molecular flexibility index (Phi) is 5.66. The van der Waals surface area contributed by atoms with E-state index in [1.165, 1.54) is 18.4 Å². The van der Waals surface area contributed by atoms with E-state index in [2.05, 4.69) is 68.1 Å². The predicted molar refractivity (Wildman–Crippen MR) is 90.7 cm³/mol. The Hall–Kier alpha value is -1.51. The van der Waals surface area contributed by atoms with Gasteiger partial charge in [0.2, 0.25) is 0 Å². The Morgan fingerprint density at radius 2 is 1.95 bits per heavy atom. The molecule has 0 unspecified atom stereocenters. The Morgan fingerprint density at radius 1 is 1.24 bits per heavy atom. The predicted octanol–water partition coefficient (Wildman–Crippen LogP) is 3.27. The van der Waals surface area contributed by atoms with E-state index in [1.54, 1.807) is 0 Å². The van der Waals surface area contributed by atoms with Crippen LogP contribution in [0.15, 0.2) is 35.3 Å². The SMILES string of the molecule is CC(C)CCCN1C(N(C)C)=NC[C@@H]1Cc1ccccc1. The summed E-state index contributed by atoms with van der Waals surface area (Å²) in [5, 5.41) is 0. The first-order chi connectivity index (χ1) is 10.1. The van der Waals surface area contributed by atoms with Crippen molar-refractivity contribution in [2.75, 3.05) is 27.2 Å². The number of aliphatic imine (C=N–C) groups is 1. The molecule has 1 aliphatic heterocycles. The fraction of sp³-hybridized carbons (Fsp3) is 0.611. The molecule has 3 heteroatoms. The monoisotopic (exact) mass is 287 g/mol. The molecule has 0 saturated carbocycles. The van der Waals surface area contributed by atoms with Crippen LogP contribution in [0.25, 0.3) is 0 Å². The molecular formula is C18H29N3. The number of guanidine groups is 1. The number of benzene rings is 1. The van der Waals surface area contributed by atoms with Gasteiger partial charge in [0.05, 0.1) is 12.6 Å². The molecule has 1 heterocycles. The third kappa shape index (κ3) is 4.48. The lowest BCUT2D eigenvalue weighted by Crippen LogP contribution is -2.44. The Morgan fingerprint density at radius 3 is 2.57 bits per heavy atom. The third-order valence-corrected chi connectivity index (χ3v) is 4.04. The van der Waals surface area contributed by atoms with Crippen LogP contribution in [0.1, 0.15) is 32.3 Å². The highest BCUT2D eigenvalue weighted by Crippen LogP contribution is 2.18. The summed E-state index contributed by atoms with van der Waals surface area (Å²) in [6.07, 6.45) is 3.62. The topological polar surface area (TPSA) is 18.8 Å². The van der Waals surface area contributed by atoms with Crippen LogP contribution in [0, 0.1) is 5.92 Å². The van der Waals surface area contributed by atoms with Gasteiger partial charge in [0.1, 0.15) is 0 Å². The van der Waals surface area contributed by atoms with Crippen LogP contribution in [0.4, 0.5) is 0 Å². The van der Waals surface area contributed by atoms with E-state index in [0.29, 0.717) is 6.04 Å². The quantitative estimate of drug-likeness (QED) is 0.799. The zero-order chi connectivity index (χ0) is 15.2. The Bertz CT molecular complexity index is 451. The third-order valence-electron chi connectivity index (χ3n) is 4.04. The first-order valence-corrected chi connectivity index (χ1v) is 8.10. The van der Waals surface area contributed by atoms with Gasteiger partial charge in [-0.2, -0.15) is 0 Å². The molecular weight excluding hydrogens is 258 g/mol. The largest absolute Gasteiger partial charge is 0.349 e. The van der Waals surface area contributed by atoms with Gasteiger partial charge in [-0.05, 0) is 30.7 Å². The van der Waals surface area contributed by atoms with Crippen molar-refractivity contribution in [1.29, 1.82) is 0 Å². The van der Waals surface area contributed by atoms with Crippen molar-refractivity contribution < 1.29 is 0 Å². The van der Waals surface area contributed by atoms with Gasteiger partial charge in [-0.15, -0.1) is 0 Å². The first-order valence-electron chi connectivity index (χ1n) is 8.10. The van der Waals surface area contributed by atoms with Crippen LogP contribution in [0.3, 0.4) is 0 Å². The van der Waals surface area contributed by atoms with Gasteiger partial charge in [-0.3, -0.25) is 4.99 Å². The van der Waals surface area contributed by atoms with Crippen LogP contribution in [-0.2, 0) is 6.42 Å². The van der Waals surface area contributed by atoms with Crippen molar-refractivity contribution >= 4 is 5.96 Å². The van der Waals surface area contributed by atoms with Crippen molar-refractivity contribution in [1.82, 2.24) is 9.80 Å². The summed E-state index contributed by atoms with van der Waals surface area (Å²) in [6.45, 7) is 6.63. The van der Waals surface area contributed by atoms with Gasteiger partial charge >= 0.3 is 0 Å². The number of hydrogen-bond donors (Lipinski definition) is 0.